The first-order valence-electron chi connectivity index (χ1n) is 6.18. The van der Waals surface area contributed by atoms with Crippen LogP contribution in [-0.4, -0.2) is 40.9 Å². The van der Waals surface area contributed by atoms with Gasteiger partial charge in [0.25, 0.3) is 0 Å². The highest BCUT2D eigenvalue weighted by atomic mass is 19.3. The van der Waals surface area contributed by atoms with Gasteiger partial charge in [-0.05, 0) is 11.8 Å². The number of carboxylic acid groups (broad SMARTS) is 1. The van der Waals surface area contributed by atoms with Crippen molar-refractivity contribution in [3.8, 4) is 0 Å². The monoisotopic (exact) mass is 338 g/mol. The minimum atomic E-state index is -6.44. The Bertz CT molecular complexity index is 425. The molecule has 0 amide bonds. The standard InChI is InChI=1S/C12H16F6O4/c1-5(2)7(6(3)4)22-9(21)11(15,16)12(17,18)10(13,14)8(19)20/h5-7H,1-4H3,(H,19,20). The molecule has 1 N–H and O–H groups in total. The number of aliphatic carboxylic acids is 1. The van der Waals surface area contributed by atoms with Crippen LogP contribution in [0.3, 0.4) is 0 Å². The molecule has 0 aliphatic carbocycles. The number of carboxylic acids is 1. The molecule has 22 heavy (non-hydrogen) atoms. The van der Waals surface area contributed by atoms with Crippen molar-refractivity contribution in [1.29, 1.82) is 0 Å². The molecule has 0 aliphatic heterocycles. The van der Waals surface area contributed by atoms with Gasteiger partial charge in [-0.15, -0.1) is 0 Å². The molecule has 0 atom stereocenters. The van der Waals surface area contributed by atoms with Crippen LogP contribution < -0.4 is 0 Å². The normalized spacial score (nSPS) is 13.9. The van der Waals surface area contributed by atoms with Crippen molar-refractivity contribution in [2.24, 2.45) is 11.8 Å². The molecule has 0 aromatic rings. The molecule has 0 aliphatic rings. The zero-order chi connectivity index (χ0) is 18.1. The second-order valence-corrected chi connectivity index (χ2v) is 5.39. The summed E-state index contributed by atoms with van der Waals surface area (Å²) < 4.78 is 82.8. The SMILES string of the molecule is CC(C)C(OC(=O)C(F)(F)C(F)(F)C(F)(F)C(=O)O)C(C)C. The summed E-state index contributed by atoms with van der Waals surface area (Å²) in [6.07, 6.45) is -1.23. The van der Waals surface area contributed by atoms with E-state index in [1.165, 1.54) is 27.7 Å². The highest BCUT2D eigenvalue weighted by molar-refractivity contribution is 5.83. The Hall–Kier alpha value is -1.48. The lowest BCUT2D eigenvalue weighted by Gasteiger charge is -2.31. The van der Waals surface area contributed by atoms with Crippen molar-refractivity contribution in [2.45, 2.75) is 51.6 Å². The molecule has 0 rings (SSSR count). The van der Waals surface area contributed by atoms with E-state index in [2.05, 4.69) is 4.74 Å². The lowest BCUT2D eigenvalue weighted by Crippen LogP contribution is -2.61. The molecule has 0 unspecified atom stereocenters. The number of esters is 1. The van der Waals surface area contributed by atoms with Crippen LogP contribution in [0.1, 0.15) is 27.7 Å². The van der Waals surface area contributed by atoms with Gasteiger partial charge in [0.05, 0.1) is 0 Å². The Morgan fingerprint density at radius 3 is 1.50 bits per heavy atom. The molecule has 0 radical (unpaired) electrons. The maximum Gasteiger partial charge on any atom is 0.411 e. The number of hydrogen-bond acceptors (Lipinski definition) is 3. The lowest BCUT2D eigenvalue weighted by molar-refractivity contribution is -0.301. The minimum absolute atomic E-state index is 0.548. The molecule has 0 bridgehead atoms. The summed E-state index contributed by atoms with van der Waals surface area (Å²) >= 11 is 0. The van der Waals surface area contributed by atoms with Gasteiger partial charge in [0, 0.05) is 0 Å². The molecular weight excluding hydrogens is 322 g/mol. The van der Waals surface area contributed by atoms with Gasteiger partial charge in [0.1, 0.15) is 6.10 Å². The van der Waals surface area contributed by atoms with Gasteiger partial charge in [-0.1, -0.05) is 27.7 Å². The maximum absolute atomic E-state index is 13.4. The molecular formula is C12H16F6O4. The van der Waals surface area contributed by atoms with E-state index in [4.69, 9.17) is 5.11 Å². The van der Waals surface area contributed by atoms with Crippen LogP contribution in [0.4, 0.5) is 26.3 Å². The van der Waals surface area contributed by atoms with Crippen molar-refractivity contribution in [3.63, 3.8) is 0 Å². The molecule has 0 fully saturated rings. The molecule has 0 heterocycles. The van der Waals surface area contributed by atoms with E-state index in [9.17, 15) is 35.9 Å². The van der Waals surface area contributed by atoms with E-state index in [1.807, 2.05) is 0 Å². The average Bonchev–Trinajstić information content (AvgIpc) is 2.33. The third-order valence-electron chi connectivity index (χ3n) is 2.87. The maximum atomic E-state index is 13.4. The van der Waals surface area contributed by atoms with Gasteiger partial charge in [0.15, 0.2) is 0 Å². The third kappa shape index (κ3) is 3.46. The summed E-state index contributed by atoms with van der Waals surface area (Å²) in [4.78, 5) is 21.3. The fraction of sp³-hybridized carbons (Fsp3) is 0.833. The van der Waals surface area contributed by atoms with Crippen LogP contribution in [0.5, 0.6) is 0 Å². The van der Waals surface area contributed by atoms with E-state index < -0.39 is 47.6 Å². The van der Waals surface area contributed by atoms with E-state index in [0.29, 0.717) is 0 Å². The topological polar surface area (TPSA) is 63.6 Å². The average molecular weight is 338 g/mol. The predicted octanol–water partition coefficient (Wildman–Crippen LogP) is 3.20. The number of carbonyl (C=O) groups excluding carboxylic acids is 1. The van der Waals surface area contributed by atoms with Crippen LogP contribution in [0, 0.1) is 11.8 Å². The van der Waals surface area contributed by atoms with E-state index in [-0.39, 0.29) is 0 Å². The van der Waals surface area contributed by atoms with Crippen molar-refractivity contribution in [1.82, 2.24) is 0 Å². The molecule has 0 saturated heterocycles. The van der Waals surface area contributed by atoms with E-state index >= 15 is 0 Å². The van der Waals surface area contributed by atoms with Gasteiger partial charge < -0.3 is 9.84 Å². The Morgan fingerprint density at radius 1 is 0.864 bits per heavy atom. The largest absolute Gasteiger partial charge is 0.477 e. The molecule has 0 saturated carbocycles. The number of hydrogen-bond donors (Lipinski definition) is 1. The fourth-order valence-corrected chi connectivity index (χ4v) is 1.70. The summed E-state index contributed by atoms with van der Waals surface area (Å²) in [5.74, 6) is -26.1. The zero-order valence-corrected chi connectivity index (χ0v) is 12.2. The predicted molar refractivity (Wildman–Crippen MR) is 62.0 cm³/mol. The van der Waals surface area contributed by atoms with Gasteiger partial charge in [-0.2, -0.15) is 26.3 Å². The summed E-state index contributed by atoms with van der Waals surface area (Å²) in [5.41, 5.74) is 0. The first-order valence-corrected chi connectivity index (χ1v) is 6.18. The Kier molecular flexibility index (Phi) is 5.90. The van der Waals surface area contributed by atoms with Crippen LogP contribution >= 0.6 is 0 Å². The smallest absolute Gasteiger partial charge is 0.411 e. The quantitative estimate of drug-likeness (QED) is 0.572. The first-order chi connectivity index (χ1) is 9.60. The lowest BCUT2D eigenvalue weighted by atomic mass is 9.96. The highest BCUT2D eigenvalue weighted by Crippen LogP contribution is 2.46. The Morgan fingerprint density at radius 2 is 1.23 bits per heavy atom. The third-order valence-corrected chi connectivity index (χ3v) is 2.87. The van der Waals surface area contributed by atoms with Gasteiger partial charge in [-0.25, -0.2) is 9.59 Å². The van der Waals surface area contributed by atoms with Crippen LogP contribution in [0.15, 0.2) is 0 Å². The van der Waals surface area contributed by atoms with Crippen molar-refractivity contribution < 1.29 is 45.8 Å². The molecule has 0 aromatic heterocycles. The molecule has 10 heteroatoms. The van der Waals surface area contributed by atoms with Gasteiger partial charge >= 0.3 is 29.7 Å². The van der Waals surface area contributed by atoms with E-state index in [0.717, 1.165) is 0 Å². The fourth-order valence-electron chi connectivity index (χ4n) is 1.70. The first kappa shape index (κ1) is 20.5. The van der Waals surface area contributed by atoms with Crippen LogP contribution in [0.2, 0.25) is 0 Å². The second-order valence-electron chi connectivity index (χ2n) is 5.39. The number of rotatable bonds is 7. The van der Waals surface area contributed by atoms with E-state index in [1.54, 1.807) is 0 Å². The highest BCUT2D eigenvalue weighted by Gasteiger charge is 2.79. The Labute approximate surface area is 122 Å². The van der Waals surface area contributed by atoms with Gasteiger partial charge in [0.2, 0.25) is 0 Å². The van der Waals surface area contributed by atoms with Crippen LogP contribution in [-0.2, 0) is 14.3 Å². The summed E-state index contributed by atoms with van der Waals surface area (Å²) in [6, 6.07) is 0. The summed E-state index contributed by atoms with van der Waals surface area (Å²) in [5, 5.41) is 7.96. The number of halogens is 6. The number of carbonyl (C=O) groups is 2. The molecule has 0 spiro atoms. The molecule has 0 aromatic carbocycles. The summed E-state index contributed by atoms with van der Waals surface area (Å²) in [6.45, 7) is 5.78. The Balaban J connectivity index is 5.55. The second kappa shape index (κ2) is 6.33. The van der Waals surface area contributed by atoms with Crippen molar-refractivity contribution in [2.75, 3.05) is 0 Å². The molecule has 4 nitrogen and oxygen atoms in total. The van der Waals surface area contributed by atoms with Gasteiger partial charge in [-0.3, -0.25) is 0 Å². The minimum Gasteiger partial charge on any atom is -0.477 e. The van der Waals surface area contributed by atoms with Crippen molar-refractivity contribution >= 4 is 11.9 Å². The van der Waals surface area contributed by atoms with Crippen molar-refractivity contribution in [3.05, 3.63) is 0 Å². The summed E-state index contributed by atoms with van der Waals surface area (Å²) in [7, 11) is 0. The number of alkyl halides is 6. The molecule has 130 valence electrons. The number of ether oxygens (including phenoxy) is 1. The van der Waals surface area contributed by atoms with Crippen LogP contribution in [0.25, 0.3) is 0 Å². The zero-order valence-electron chi connectivity index (χ0n) is 12.2.